The van der Waals surface area contributed by atoms with Crippen molar-refractivity contribution in [2.45, 2.75) is 136 Å². The van der Waals surface area contributed by atoms with E-state index in [9.17, 15) is 25.2 Å². The highest BCUT2D eigenvalue weighted by Gasteiger charge is 2.65. The van der Waals surface area contributed by atoms with Gasteiger partial charge in [-0.1, -0.05) is 41.0 Å². The SMILES string of the molecule is CCCC(OC(=O)CC[C@@H](C)[C@H]1CC[C@H]2[C@@H]3[C@H](O)C[C@@H]4C[C@H](O)CC[C@]4(C)[C@H]3C[C@H](O)[C@]12C)C(CC)CO. The molecule has 0 aromatic rings. The number of rotatable bonds is 10. The summed E-state index contributed by atoms with van der Waals surface area (Å²) in [6, 6.07) is 0. The molecule has 38 heavy (non-hydrogen) atoms. The molecule has 4 saturated carbocycles. The topological polar surface area (TPSA) is 107 Å². The molecular weight excluding hydrogens is 480 g/mol. The smallest absolute Gasteiger partial charge is 0.306 e. The third kappa shape index (κ3) is 5.33. The zero-order valence-corrected chi connectivity index (χ0v) is 24.6. The lowest BCUT2D eigenvalue weighted by molar-refractivity contribution is -0.207. The molecule has 4 rings (SSSR count). The first-order chi connectivity index (χ1) is 18.0. The molecule has 0 aromatic heterocycles. The van der Waals surface area contributed by atoms with Gasteiger partial charge in [0.1, 0.15) is 6.10 Å². The second-order valence-electron chi connectivity index (χ2n) is 14.2. The molecule has 6 nitrogen and oxygen atoms in total. The zero-order valence-electron chi connectivity index (χ0n) is 24.6. The van der Waals surface area contributed by atoms with Crippen LogP contribution in [0.2, 0.25) is 0 Å². The Bertz CT molecular complexity index is 799. The first kappa shape index (κ1) is 30.3. The zero-order chi connectivity index (χ0) is 27.8. The summed E-state index contributed by atoms with van der Waals surface area (Å²) < 4.78 is 5.86. The van der Waals surface area contributed by atoms with Gasteiger partial charge in [0, 0.05) is 18.9 Å². The van der Waals surface area contributed by atoms with Crippen LogP contribution in [0.25, 0.3) is 0 Å². The van der Waals surface area contributed by atoms with E-state index in [4.69, 9.17) is 4.74 Å². The summed E-state index contributed by atoms with van der Waals surface area (Å²) in [5, 5.41) is 43.3. The molecule has 0 spiro atoms. The number of aliphatic hydroxyl groups excluding tert-OH is 4. The lowest BCUT2D eigenvalue weighted by Gasteiger charge is -2.63. The van der Waals surface area contributed by atoms with Gasteiger partial charge in [0.25, 0.3) is 0 Å². The van der Waals surface area contributed by atoms with E-state index < -0.39 is 6.10 Å². The molecule has 0 radical (unpaired) electrons. The van der Waals surface area contributed by atoms with Crippen LogP contribution in [-0.4, -0.2) is 57.4 Å². The van der Waals surface area contributed by atoms with Crippen molar-refractivity contribution in [2.75, 3.05) is 6.61 Å². The van der Waals surface area contributed by atoms with Gasteiger partial charge >= 0.3 is 5.97 Å². The van der Waals surface area contributed by atoms with Gasteiger partial charge in [0.2, 0.25) is 0 Å². The van der Waals surface area contributed by atoms with E-state index in [0.717, 1.165) is 70.6 Å². The van der Waals surface area contributed by atoms with Crippen molar-refractivity contribution in [1.82, 2.24) is 0 Å². The van der Waals surface area contributed by atoms with Crippen molar-refractivity contribution >= 4 is 5.97 Å². The molecule has 2 unspecified atom stereocenters. The molecule has 0 amide bonds. The molecule has 0 heterocycles. The molecule has 0 aromatic carbocycles. The summed E-state index contributed by atoms with van der Waals surface area (Å²) in [5.74, 6) is 1.54. The van der Waals surface area contributed by atoms with Gasteiger partial charge in [-0.25, -0.2) is 0 Å². The maximum atomic E-state index is 12.8. The lowest BCUT2D eigenvalue weighted by atomic mass is 9.43. The van der Waals surface area contributed by atoms with Crippen molar-refractivity contribution in [3.63, 3.8) is 0 Å². The maximum Gasteiger partial charge on any atom is 0.306 e. The molecule has 0 saturated heterocycles. The van der Waals surface area contributed by atoms with Gasteiger partial charge in [0.05, 0.1) is 18.3 Å². The number of hydrogen-bond acceptors (Lipinski definition) is 6. The van der Waals surface area contributed by atoms with Crippen molar-refractivity contribution in [1.29, 1.82) is 0 Å². The molecule has 220 valence electrons. The quantitative estimate of drug-likeness (QED) is 0.290. The summed E-state index contributed by atoms with van der Waals surface area (Å²) in [5.41, 5.74) is -0.170. The Morgan fingerprint density at radius 2 is 1.74 bits per heavy atom. The number of aliphatic hydroxyl groups is 4. The first-order valence-electron chi connectivity index (χ1n) is 15.9. The molecule has 13 atom stereocenters. The summed E-state index contributed by atoms with van der Waals surface area (Å²) in [7, 11) is 0. The van der Waals surface area contributed by atoms with Crippen LogP contribution < -0.4 is 0 Å². The molecular formula is C32H56O6. The fraction of sp³-hybridized carbons (Fsp3) is 0.969. The molecule has 0 aliphatic heterocycles. The van der Waals surface area contributed by atoms with Crippen LogP contribution in [0, 0.1) is 52.3 Å². The highest BCUT2D eigenvalue weighted by molar-refractivity contribution is 5.69. The Morgan fingerprint density at radius 3 is 2.39 bits per heavy atom. The normalized spacial score (nSPS) is 44.9. The van der Waals surface area contributed by atoms with E-state index in [1.165, 1.54) is 0 Å². The van der Waals surface area contributed by atoms with Crippen LogP contribution in [0.1, 0.15) is 112 Å². The maximum absolute atomic E-state index is 12.8. The van der Waals surface area contributed by atoms with Gasteiger partial charge in [-0.2, -0.15) is 0 Å². The lowest BCUT2D eigenvalue weighted by Crippen LogP contribution is -2.62. The number of esters is 1. The minimum absolute atomic E-state index is 0.00744. The molecule has 4 N–H and O–H groups in total. The average Bonchev–Trinajstić information content (AvgIpc) is 3.23. The summed E-state index contributed by atoms with van der Waals surface area (Å²) in [6.07, 6.45) is 8.51. The van der Waals surface area contributed by atoms with E-state index in [1.54, 1.807) is 0 Å². The third-order valence-corrected chi connectivity index (χ3v) is 12.5. The Hall–Kier alpha value is -0.690. The minimum Gasteiger partial charge on any atom is -0.462 e. The fourth-order valence-corrected chi connectivity index (χ4v) is 10.1. The van der Waals surface area contributed by atoms with E-state index in [2.05, 4.69) is 27.7 Å². The van der Waals surface area contributed by atoms with Crippen LogP contribution >= 0.6 is 0 Å². The van der Waals surface area contributed by atoms with Crippen LogP contribution in [-0.2, 0) is 9.53 Å². The monoisotopic (exact) mass is 536 g/mol. The second kappa shape index (κ2) is 12.0. The summed E-state index contributed by atoms with van der Waals surface area (Å²) >= 11 is 0. The summed E-state index contributed by atoms with van der Waals surface area (Å²) in [6.45, 7) is 11.0. The number of fused-ring (bicyclic) bond motifs is 5. The predicted octanol–water partition coefficient (Wildman–Crippen LogP) is 5.09. The predicted molar refractivity (Wildman–Crippen MR) is 148 cm³/mol. The van der Waals surface area contributed by atoms with E-state index in [1.807, 2.05) is 6.92 Å². The minimum atomic E-state index is -0.408. The highest BCUT2D eigenvalue weighted by atomic mass is 16.5. The first-order valence-corrected chi connectivity index (χ1v) is 15.9. The van der Waals surface area contributed by atoms with E-state index >= 15 is 0 Å². The van der Waals surface area contributed by atoms with Crippen LogP contribution in [0.3, 0.4) is 0 Å². The third-order valence-electron chi connectivity index (χ3n) is 12.5. The van der Waals surface area contributed by atoms with E-state index in [0.29, 0.717) is 30.1 Å². The van der Waals surface area contributed by atoms with Gasteiger partial charge in [-0.3, -0.25) is 4.79 Å². The van der Waals surface area contributed by atoms with Gasteiger partial charge in [0.15, 0.2) is 0 Å². The molecule has 4 aliphatic rings. The average molecular weight is 537 g/mol. The van der Waals surface area contributed by atoms with Crippen LogP contribution in [0.4, 0.5) is 0 Å². The number of carbonyl (C=O) groups excluding carboxylic acids is 1. The summed E-state index contributed by atoms with van der Waals surface area (Å²) in [4.78, 5) is 12.8. The van der Waals surface area contributed by atoms with Crippen molar-refractivity contribution in [2.24, 2.45) is 52.3 Å². The van der Waals surface area contributed by atoms with Crippen LogP contribution in [0.5, 0.6) is 0 Å². The molecule has 4 fully saturated rings. The van der Waals surface area contributed by atoms with Gasteiger partial charge < -0.3 is 25.2 Å². The Labute approximate surface area is 230 Å². The Kier molecular flexibility index (Phi) is 9.59. The number of hydrogen-bond donors (Lipinski definition) is 4. The van der Waals surface area contributed by atoms with Crippen molar-refractivity contribution in [3.8, 4) is 0 Å². The second-order valence-corrected chi connectivity index (χ2v) is 14.2. The van der Waals surface area contributed by atoms with Crippen molar-refractivity contribution < 1.29 is 30.0 Å². The molecule has 0 bridgehead atoms. The molecule has 4 aliphatic carbocycles. The van der Waals surface area contributed by atoms with Gasteiger partial charge in [-0.05, 0) is 111 Å². The fourth-order valence-electron chi connectivity index (χ4n) is 10.1. The Morgan fingerprint density at radius 1 is 1.00 bits per heavy atom. The number of carbonyl (C=O) groups is 1. The van der Waals surface area contributed by atoms with Crippen LogP contribution in [0.15, 0.2) is 0 Å². The number of ether oxygens (including phenoxy) is 1. The Balaban J connectivity index is 1.43. The van der Waals surface area contributed by atoms with E-state index in [-0.39, 0.29) is 59.5 Å². The largest absolute Gasteiger partial charge is 0.462 e. The highest BCUT2D eigenvalue weighted by Crippen LogP contribution is 2.68. The van der Waals surface area contributed by atoms with Crippen molar-refractivity contribution in [3.05, 3.63) is 0 Å². The van der Waals surface area contributed by atoms with Gasteiger partial charge in [-0.15, -0.1) is 0 Å². The standard InChI is InChI=1S/C32H56O6/c1-6-8-27(20(7-2)18-33)38-29(37)12-9-19(3)23-10-11-24-30-25(17-28(36)32(23,24)5)31(4)14-13-22(34)15-21(31)16-26(30)35/h19-28,30,33-36H,6-18H2,1-5H3/t19-,20?,21+,22-,23-,24+,25+,26-,27?,28+,30+,31+,32-/m1/s1. The molecule has 6 heteroatoms.